The minimum atomic E-state index is -1.56. The Morgan fingerprint density at radius 3 is 1.54 bits per heavy atom. The fraction of sp³-hybridized carbons (Fsp3) is 0.0476. The molecule has 130 valence electrons. The molecule has 0 atom stereocenters. The van der Waals surface area contributed by atoms with Gasteiger partial charge in [-0.05, 0) is 27.6 Å². The molecule has 0 saturated carbocycles. The van der Waals surface area contributed by atoms with E-state index in [2.05, 4.69) is 4.74 Å². The van der Waals surface area contributed by atoms with E-state index in [9.17, 15) is 17.6 Å². The maximum atomic E-state index is 14.8. The Balaban J connectivity index is 2.25. The van der Waals surface area contributed by atoms with Crippen molar-refractivity contribution in [1.82, 2.24) is 0 Å². The largest absolute Gasteiger partial charge is 0.491 e. The van der Waals surface area contributed by atoms with E-state index in [1.54, 1.807) is 48.5 Å². The first-order valence-corrected chi connectivity index (χ1v) is 7.85. The van der Waals surface area contributed by atoms with E-state index >= 15 is 0 Å². The van der Waals surface area contributed by atoms with Gasteiger partial charge in [0.1, 0.15) is 0 Å². The standard InChI is InChI=1S/C21H12F4O/c1-26-21-19(24)17(22)16(18(23)20(21)25)15-13-8-4-2-6-11(13)10-12-7-3-5-9-14(12)15/h2-10H,1H3. The van der Waals surface area contributed by atoms with Crippen LogP contribution in [0.5, 0.6) is 5.75 Å². The number of fused-ring (bicyclic) bond motifs is 2. The lowest BCUT2D eigenvalue weighted by atomic mass is 9.91. The molecule has 0 radical (unpaired) electrons. The topological polar surface area (TPSA) is 9.23 Å². The van der Waals surface area contributed by atoms with E-state index in [1.165, 1.54) is 0 Å². The molecule has 0 aliphatic rings. The highest BCUT2D eigenvalue weighted by Gasteiger charge is 2.28. The molecule has 0 fully saturated rings. The fourth-order valence-corrected chi connectivity index (χ4v) is 3.29. The smallest absolute Gasteiger partial charge is 0.204 e. The van der Waals surface area contributed by atoms with Gasteiger partial charge in [-0.3, -0.25) is 0 Å². The molecule has 0 aliphatic heterocycles. The lowest BCUT2D eigenvalue weighted by Gasteiger charge is -2.15. The van der Waals surface area contributed by atoms with Crippen LogP contribution >= 0.6 is 0 Å². The molecule has 0 spiro atoms. The molecule has 4 aromatic carbocycles. The molecule has 0 unspecified atom stereocenters. The summed E-state index contributed by atoms with van der Waals surface area (Å²) in [6, 6.07) is 15.7. The Labute approximate surface area is 146 Å². The van der Waals surface area contributed by atoms with Crippen LogP contribution in [0.1, 0.15) is 0 Å². The van der Waals surface area contributed by atoms with E-state index in [1.807, 2.05) is 6.07 Å². The molecule has 1 nitrogen and oxygen atoms in total. The first-order valence-electron chi connectivity index (χ1n) is 7.85. The van der Waals surface area contributed by atoms with Crippen molar-refractivity contribution in [2.45, 2.75) is 0 Å². The molecule has 26 heavy (non-hydrogen) atoms. The summed E-state index contributed by atoms with van der Waals surface area (Å²) in [5.41, 5.74) is -0.636. The van der Waals surface area contributed by atoms with Crippen molar-refractivity contribution in [1.29, 1.82) is 0 Å². The highest BCUT2D eigenvalue weighted by atomic mass is 19.2. The summed E-state index contributed by atoms with van der Waals surface area (Å²) in [5, 5.41) is 2.40. The van der Waals surface area contributed by atoms with Crippen molar-refractivity contribution >= 4 is 21.5 Å². The van der Waals surface area contributed by atoms with Gasteiger partial charge in [-0.1, -0.05) is 48.5 Å². The maximum absolute atomic E-state index is 14.8. The van der Waals surface area contributed by atoms with E-state index in [0.29, 0.717) is 21.5 Å². The lowest BCUT2D eigenvalue weighted by molar-refractivity contribution is 0.334. The van der Waals surface area contributed by atoms with Crippen molar-refractivity contribution in [2.75, 3.05) is 7.11 Å². The SMILES string of the molecule is COc1c(F)c(F)c(-c2c3ccccc3cc3ccccc23)c(F)c1F. The first-order chi connectivity index (χ1) is 12.5. The van der Waals surface area contributed by atoms with E-state index in [-0.39, 0.29) is 5.56 Å². The number of rotatable bonds is 2. The van der Waals surface area contributed by atoms with E-state index in [0.717, 1.165) is 7.11 Å². The van der Waals surface area contributed by atoms with Crippen LogP contribution in [0.25, 0.3) is 32.7 Å². The summed E-state index contributed by atoms with van der Waals surface area (Å²) in [7, 11) is 0.952. The molecule has 4 aromatic rings. The number of hydrogen-bond donors (Lipinski definition) is 0. The third-order valence-corrected chi connectivity index (χ3v) is 4.45. The molecule has 4 rings (SSSR count). The van der Waals surface area contributed by atoms with Crippen molar-refractivity contribution in [3.63, 3.8) is 0 Å². The van der Waals surface area contributed by atoms with Gasteiger partial charge in [-0.15, -0.1) is 0 Å². The number of methoxy groups -OCH3 is 1. The third-order valence-electron chi connectivity index (χ3n) is 4.45. The molecule has 0 saturated heterocycles. The minimum absolute atomic E-state index is 0.106. The Bertz CT molecular complexity index is 1080. The van der Waals surface area contributed by atoms with Gasteiger partial charge in [0.25, 0.3) is 0 Å². The van der Waals surface area contributed by atoms with Crippen molar-refractivity contribution in [3.8, 4) is 16.9 Å². The van der Waals surface area contributed by atoms with Crippen LogP contribution in [0.15, 0.2) is 54.6 Å². The highest BCUT2D eigenvalue weighted by molar-refractivity contribution is 6.12. The Morgan fingerprint density at radius 2 is 1.08 bits per heavy atom. The van der Waals surface area contributed by atoms with Crippen LogP contribution in [0.3, 0.4) is 0 Å². The average molecular weight is 356 g/mol. The second-order valence-electron chi connectivity index (χ2n) is 5.86. The van der Waals surface area contributed by atoms with E-state index in [4.69, 9.17) is 0 Å². The summed E-state index contributed by atoms with van der Waals surface area (Å²) in [5.74, 6) is -7.16. The van der Waals surface area contributed by atoms with Crippen LogP contribution < -0.4 is 4.74 Å². The number of halogens is 4. The second-order valence-corrected chi connectivity index (χ2v) is 5.86. The van der Waals surface area contributed by atoms with Crippen molar-refractivity contribution < 1.29 is 22.3 Å². The monoisotopic (exact) mass is 356 g/mol. The first kappa shape index (κ1) is 16.4. The molecule has 5 heteroatoms. The van der Waals surface area contributed by atoms with Crippen molar-refractivity contribution in [2.24, 2.45) is 0 Å². The van der Waals surface area contributed by atoms with Gasteiger partial charge >= 0.3 is 0 Å². The molecule has 0 bridgehead atoms. The molecule has 0 aliphatic carbocycles. The quantitative estimate of drug-likeness (QED) is 0.235. The van der Waals surface area contributed by atoms with Crippen LogP contribution in [-0.2, 0) is 0 Å². The second kappa shape index (κ2) is 6.02. The number of ether oxygens (including phenoxy) is 1. The zero-order valence-corrected chi connectivity index (χ0v) is 13.6. The fourth-order valence-electron chi connectivity index (χ4n) is 3.29. The zero-order valence-electron chi connectivity index (χ0n) is 13.6. The Morgan fingerprint density at radius 1 is 0.615 bits per heavy atom. The van der Waals surface area contributed by atoms with Gasteiger partial charge < -0.3 is 4.74 Å². The zero-order chi connectivity index (χ0) is 18.4. The van der Waals surface area contributed by atoms with Gasteiger partial charge in [0.2, 0.25) is 11.6 Å². The van der Waals surface area contributed by atoms with Gasteiger partial charge in [0.15, 0.2) is 17.4 Å². The van der Waals surface area contributed by atoms with Gasteiger partial charge in [-0.2, -0.15) is 8.78 Å². The summed E-state index contributed by atoms with van der Waals surface area (Å²) >= 11 is 0. The van der Waals surface area contributed by atoms with Crippen LogP contribution in [0.2, 0.25) is 0 Å². The van der Waals surface area contributed by atoms with Gasteiger partial charge in [0, 0.05) is 5.56 Å². The number of hydrogen-bond acceptors (Lipinski definition) is 1. The Kier molecular flexibility index (Phi) is 3.80. The summed E-state index contributed by atoms with van der Waals surface area (Å²) < 4.78 is 62.6. The van der Waals surface area contributed by atoms with Gasteiger partial charge in [0.05, 0.1) is 12.7 Å². The van der Waals surface area contributed by atoms with Crippen LogP contribution in [0.4, 0.5) is 17.6 Å². The maximum Gasteiger partial charge on any atom is 0.204 e. The van der Waals surface area contributed by atoms with E-state index < -0.39 is 34.6 Å². The molecule has 0 heterocycles. The third kappa shape index (κ3) is 2.24. The summed E-state index contributed by atoms with van der Waals surface area (Å²) in [4.78, 5) is 0. The average Bonchev–Trinajstić information content (AvgIpc) is 2.66. The normalized spacial score (nSPS) is 11.3. The molecule has 0 aromatic heterocycles. The minimum Gasteiger partial charge on any atom is -0.491 e. The predicted molar refractivity (Wildman–Crippen MR) is 93.3 cm³/mol. The summed E-state index contributed by atoms with van der Waals surface area (Å²) in [6.07, 6.45) is 0. The van der Waals surface area contributed by atoms with Crippen LogP contribution in [0, 0.1) is 23.3 Å². The highest BCUT2D eigenvalue weighted by Crippen LogP contribution is 2.42. The molecule has 0 N–H and O–H groups in total. The van der Waals surface area contributed by atoms with Gasteiger partial charge in [-0.25, -0.2) is 8.78 Å². The molecule has 0 amide bonds. The molecular formula is C21H12F4O. The number of benzene rings is 4. The van der Waals surface area contributed by atoms with Crippen LogP contribution in [-0.4, -0.2) is 7.11 Å². The summed E-state index contributed by atoms with van der Waals surface area (Å²) in [6.45, 7) is 0. The van der Waals surface area contributed by atoms with Crippen molar-refractivity contribution in [3.05, 3.63) is 77.9 Å². The Hall–Kier alpha value is -3.08. The molecular weight excluding hydrogens is 344 g/mol. The predicted octanol–water partition coefficient (Wildman–Crippen LogP) is 6.23. The lowest BCUT2D eigenvalue weighted by Crippen LogP contribution is -2.04.